The summed E-state index contributed by atoms with van der Waals surface area (Å²) in [6.45, 7) is 7.51. The number of pyridine rings is 1. The summed E-state index contributed by atoms with van der Waals surface area (Å²) in [5.74, 6) is 0.276. The number of alkyl halides is 3. The fourth-order valence-corrected chi connectivity index (χ4v) is 5.64. The Bertz CT molecular complexity index is 1500. The summed E-state index contributed by atoms with van der Waals surface area (Å²) < 4.78 is 57.4. The lowest BCUT2D eigenvalue weighted by atomic mass is 9.99. The van der Waals surface area contributed by atoms with Crippen LogP contribution in [0.25, 0.3) is 11.4 Å². The van der Waals surface area contributed by atoms with Crippen molar-refractivity contribution < 1.29 is 32.2 Å². The molecule has 0 aliphatic carbocycles. The Morgan fingerprint density at radius 1 is 1.21 bits per heavy atom. The number of halogens is 3. The van der Waals surface area contributed by atoms with Gasteiger partial charge in [-0.3, -0.25) is 9.88 Å². The van der Waals surface area contributed by atoms with Gasteiger partial charge in [0.05, 0.1) is 42.0 Å². The zero-order valence-corrected chi connectivity index (χ0v) is 23.4. The van der Waals surface area contributed by atoms with Crippen LogP contribution in [0.3, 0.4) is 0 Å². The molecule has 5 heterocycles. The molecule has 3 aliphatic rings. The average Bonchev–Trinajstić information content (AvgIpc) is 3.30. The van der Waals surface area contributed by atoms with Crippen molar-refractivity contribution in [3.63, 3.8) is 0 Å². The number of amides is 2. The van der Waals surface area contributed by atoms with Gasteiger partial charge in [0.25, 0.3) is 0 Å². The summed E-state index contributed by atoms with van der Waals surface area (Å²) in [4.78, 5) is 31.0. The van der Waals surface area contributed by atoms with E-state index in [0.29, 0.717) is 41.8 Å². The van der Waals surface area contributed by atoms with Crippen LogP contribution in [0.4, 0.5) is 35.2 Å². The fourth-order valence-electron chi connectivity index (χ4n) is 5.64. The smallest absolute Gasteiger partial charge is 0.416 e. The summed E-state index contributed by atoms with van der Waals surface area (Å²) in [6, 6.07) is 5.96. The second-order valence-electron chi connectivity index (χ2n) is 11.1. The third-order valence-electron chi connectivity index (χ3n) is 7.48. The van der Waals surface area contributed by atoms with Gasteiger partial charge < -0.3 is 24.4 Å². The van der Waals surface area contributed by atoms with E-state index in [2.05, 4.69) is 25.2 Å². The molecule has 2 saturated heterocycles. The minimum absolute atomic E-state index is 0.120. The van der Waals surface area contributed by atoms with Crippen molar-refractivity contribution in [2.24, 2.45) is 0 Å². The number of nitrogens with one attached hydrogen (secondary N) is 1. The van der Waals surface area contributed by atoms with Crippen LogP contribution in [0.1, 0.15) is 37.9 Å². The number of ether oxygens (including phenoxy) is 3. The monoisotopic (exact) mass is 584 g/mol. The van der Waals surface area contributed by atoms with Crippen LogP contribution in [0, 0.1) is 6.92 Å². The van der Waals surface area contributed by atoms with E-state index in [-0.39, 0.29) is 30.1 Å². The topological polar surface area (TPSA) is 102 Å². The van der Waals surface area contributed by atoms with E-state index in [1.54, 1.807) is 24.1 Å². The Labute approximate surface area is 240 Å². The normalized spacial score (nSPS) is 21.2. The molecule has 2 amide bonds. The maximum Gasteiger partial charge on any atom is 0.416 e. The van der Waals surface area contributed by atoms with Gasteiger partial charge in [-0.1, -0.05) is 12.1 Å². The van der Waals surface area contributed by atoms with E-state index in [0.717, 1.165) is 31.5 Å². The van der Waals surface area contributed by atoms with Crippen LogP contribution in [0.15, 0.2) is 42.7 Å². The van der Waals surface area contributed by atoms with Crippen molar-refractivity contribution in [3.8, 4) is 17.1 Å². The molecule has 2 atom stereocenters. The van der Waals surface area contributed by atoms with E-state index in [1.165, 1.54) is 18.3 Å². The first-order valence-corrected chi connectivity index (χ1v) is 13.8. The predicted octanol–water partition coefficient (Wildman–Crippen LogP) is 5.42. The van der Waals surface area contributed by atoms with E-state index >= 15 is 0 Å². The molecule has 3 aliphatic heterocycles. The van der Waals surface area contributed by atoms with Gasteiger partial charge in [-0.2, -0.15) is 13.2 Å². The predicted molar refractivity (Wildman–Crippen MR) is 149 cm³/mol. The maximum absolute atomic E-state index is 13.8. The van der Waals surface area contributed by atoms with E-state index in [1.807, 2.05) is 13.8 Å². The van der Waals surface area contributed by atoms with Crippen molar-refractivity contribution in [1.29, 1.82) is 0 Å². The third kappa shape index (κ3) is 5.71. The van der Waals surface area contributed by atoms with Crippen molar-refractivity contribution in [2.75, 3.05) is 41.4 Å². The number of aryl methyl sites for hydroxylation is 1. The zero-order valence-electron chi connectivity index (χ0n) is 23.4. The SMILES string of the molecule is Cc1nc(-c2cccc(C(F)(F)F)c2)nc2c1N1CCCC(C1)N2C(=O)Nc1cncc(OCC2COC(C)(C)O2)c1. The van der Waals surface area contributed by atoms with Crippen LogP contribution in [0.2, 0.25) is 0 Å². The number of piperidine rings is 1. The van der Waals surface area contributed by atoms with E-state index in [9.17, 15) is 18.0 Å². The standard InChI is InChI=1S/C29H31F3N6O4/c1-17-24-26(36-25(34-17)18-6-4-7-19(10-18)29(30,31)32)38(21-8-5-9-37(24)14-21)27(39)35-20-11-22(13-33-12-20)40-15-23-16-41-28(2,3)42-23/h4,6-7,10-13,21,23H,5,8-9,14-16H2,1-3H3,(H,35,39). The average molecular weight is 585 g/mol. The van der Waals surface area contributed by atoms with Crippen molar-refractivity contribution >= 4 is 23.2 Å². The van der Waals surface area contributed by atoms with Gasteiger partial charge in [-0.05, 0) is 45.7 Å². The molecule has 2 bridgehead atoms. The summed E-state index contributed by atoms with van der Waals surface area (Å²) in [6.07, 6.45) is -0.0471. The Morgan fingerprint density at radius 2 is 2.05 bits per heavy atom. The Hall–Kier alpha value is -3.97. The van der Waals surface area contributed by atoms with Gasteiger partial charge in [0, 0.05) is 24.7 Å². The minimum Gasteiger partial charge on any atom is -0.489 e. The molecule has 1 N–H and O–H groups in total. The van der Waals surface area contributed by atoms with Gasteiger partial charge in [0.2, 0.25) is 0 Å². The molecule has 10 nitrogen and oxygen atoms in total. The number of hydrogen-bond acceptors (Lipinski definition) is 8. The molecule has 0 radical (unpaired) electrons. The zero-order chi connectivity index (χ0) is 29.6. The first-order chi connectivity index (χ1) is 20.0. The second kappa shape index (κ2) is 10.7. The van der Waals surface area contributed by atoms with Crippen molar-refractivity contribution in [1.82, 2.24) is 15.0 Å². The highest BCUT2D eigenvalue weighted by atomic mass is 19.4. The number of rotatable bonds is 5. The van der Waals surface area contributed by atoms with Crippen LogP contribution in [0.5, 0.6) is 5.75 Å². The number of fused-ring (bicyclic) bond motifs is 4. The van der Waals surface area contributed by atoms with E-state index < -0.39 is 23.6 Å². The number of carbonyl (C=O) groups is 1. The first-order valence-electron chi connectivity index (χ1n) is 13.8. The molecular formula is C29H31F3N6O4. The summed E-state index contributed by atoms with van der Waals surface area (Å²) in [5, 5.41) is 2.91. The number of benzene rings is 1. The molecule has 13 heteroatoms. The van der Waals surface area contributed by atoms with Crippen molar-refractivity contribution in [2.45, 2.75) is 57.7 Å². The summed E-state index contributed by atoms with van der Waals surface area (Å²) in [5.41, 5.74) is 1.14. The largest absolute Gasteiger partial charge is 0.489 e. The molecule has 2 unspecified atom stereocenters. The Balaban J connectivity index is 1.27. The highest BCUT2D eigenvalue weighted by Crippen LogP contribution is 2.41. The lowest BCUT2D eigenvalue weighted by molar-refractivity contribution is -0.141. The van der Waals surface area contributed by atoms with Crippen molar-refractivity contribution in [3.05, 3.63) is 54.0 Å². The number of aromatic nitrogens is 3. The van der Waals surface area contributed by atoms with Crippen LogP contribution < -0.4 is 19.9 Å². The number of hydrogen-bond donors (Lipinski definition) is 1. The maximum atomic E-state index is 13.8. The van der Waals surface area contributed by atoms with Crippen LogP contribution >= 0.6 is 0 Å². The number of urea groups is 1. The number of carbonyl (C=O) groups excluding carboxylic acids is 1. The number of anilines is 3. The second-order valence-corrected chi connectivity index (χ2v) is 11.1. The van der Waals surface area contributed by atoms with Crippen LogP contribution in [-0.2, 0) is 15.7 Å². The third-order valence-corrected chi connectivity index (χ3v) is 7.48. The van der Waals surface area contributed by atoms with Gasteiger partial charge >= 0.3 is 12.2 Å². The first kappa shape index (κ1) is 28.2. The van der Waals surface area contributed by atoms with Gasteiger partial charge in [0.15, 0.2) is 17.4 Å². The molecule has 42 heavy (non-hydrogen) atoms. The molecule has 3 aromatic rings. The Kier molecular flexibility index (Phi) is 7.17. The van der Waals surface area contributed by atoms with Gasteiger partial charge in [-0.15, -0.1) is 0 Å². The number of nitrogens with zero attached hydrogens (tertiary/aromatic N) is 5. The van der Waals surface area contributed by atoms with Crippen LogP contribution in [-0.4, -0.2) is 65.2 Å². The molecule has 0 spiro atoms. The highest BCUT2D eigenvalue weighted by Gasteiger charge is 2.40. The molecule has 0 saturated carbocycles. The lowest BCUT2D eigenvalue weighted by Gasteiger charge is -2.46. The molecule has 2 aromatic heterocycles. The molecular weight excluding hydrogens is 553 g/mol. The molecule has 2 fully saturated rings. The summed E-state index contributed by atoms with van der Waals surface area (Å²) >= 11 is 0. The van der Waals surface area contributed by atoms with Gasteiger partial charge in [0.1, 0.15) is 24.1 Å². The van der Waals surface area contributed by atoms with E-state index in [4.69, 9.17) is 14.2 Å². The van der Waals surface area contributed by atoms with Gasteiger partial charge in [-0.25, -0.2) is 14.8 Å². The molecule has 6 rings (SSSR count). The quantitative estimate of drug-likeness (QED) is 0.425. The highest BCUT2D eigenvalue weighted by molar-refractivity contribution is 6.04. The lowest BCUT2D eigenvalue weighted by Crippen LogP contribution is -2.56. The molecule has 1 aromatic carbocycles. The minimum atomic E-state index is -4.51. The Morgan fingerprint density at radius 3 is 2.81 bits per heavy atom. The molecule has 222 valence electrons. The summed E-state index contributed by atoms with van der Waals surface area (Å²) in [7, 11) is 0. The fraction of sp³-hybridized carbons (Fsp3) is 0.448.